The van der Waals surface area contributed by atoms with Gasteiger partial charge in [0.1, 0.15) is 5.25 Å². The van der Waals surface area contributed by atoms with Crippen molar-refractivity contribution in [1.29, 1.82) is 0 Å². The van der Waals surface area contributed by atoms with Crippen molar-refractivity contribution in [2.45, 2.75) is 11.7 Å². The second-order valence-corrected chi connectivity index (χ2v) is 6.27. The van der Waals surface area contributed by atoms with Gasteiger partial charge in [-0.2, -0.15) is 0 Å². The van der Waals surface area contributed by atoms with Gasteiger partial charge in [0.05, 0.1) is 5.69 Å². The maximum Gasteiger partial charge on any atom is 0.242 e. The Bertz CT molecular complexity index is 576. The number of carbonyl (C=O) groups excluding carboxylic acids is 2. The van der Waals surface area contributed by atoms with Gasteiger partial charge in [-0.05, 0) is 28.1 Å². The van der Waals surface area contributed by atoms with Crippen LogP contribution in [0.2, 0.25) is 0 Å². The van der Waals surface area contributed by atoms with E-state index in [-0.39, 0.29) is 18.2 Å². The Balaban J connectivity index is 1.99. The van der Waals surface area contributed by atoms with E-state index in [0.717, 1.165) is 4.47 Å². The fourth-order valence-corrected chi connectivity index (χ4v) is 3.32. The van der Waals surface area contributed by atoms with Crippen molar-refractivity contribution in [3.05, 3.63) is 28.7 Å². The first-order valence-electron chi connectivity index (χ1n) is 5.98. The quantitative estimate of drug-likeness (QED) is 0.904. The molecule has 20 heavy (non-hydrogen) atoms. The van der Waals surface area contributed by atoms with Gasteiger partial charge in [0.25, 0.3) is 0 Å². The van der Waals surface area contributed by atoms with Gasteiger partial charge >= 0.3 is 0 Å². The molecule has 5 nitrogen and oxygen atoms in total. The highest BCUT2D eigenvalue weighted by Crippen LogP contribution is 2.29. The van der Waals surface area contributed by atoms with Gasteiger partial charge in [-0.1, -0.05) is 23.9 Å². The van der Waals surface area contributed by atoms with E-state index in [1.54, 1.807) is 20.2 Å². The average Bonchev–Trinajstić information content (AvgIpc) is 2.69. The van der Waals surface area contributed by atoms with E-state index >= 15 is 0 Å². The van der Waals surface area contributed by atoms with Crippen LogP contribution in [0.5, 0.6) is 0 Å². The van der Waals surface area contributed by atoms with Crippen LogP contribution in [-0.4, -0.2) is 41.2 Å². The summed E-state index contributed by atoms with van der Waals surface area (Å²) in [6.45, 7) is 0. The molecule has 2 rings (SSSR count). The van der Waals surface area contributed by atoms with Gasteiger partial charge in [0.15, 0.2) is 5.17 Å². The van der Waals surface area contributed by atoms with Crippen LogP contribution in [0.4, 0.5) is 5.69 Å². The highest BCUT2D eigenvalue weighted by atomic mass is 79.9. The summed E-state index contributed by atoms with van der Waals surface area (Å²) in [4.78, 5) is 29.5. The van der Waals surface area contributed by atoms with Crippen LogP contribution >= 0.6 is 27.7 Å². The van der Waals surface area contributed by atoms with Crippen LogP contribution in [0.25, 0.3) is 0 Å². The molecule has 7 heteroatoms. The second kappa shape index (κ2) is 6.41. The minimum absolute atomic E-state index is 0.0853. The van der Waals surface area contributed by atoms with Crippen molar-refractivity contribution in [2.24, 2.45) is 4.99 Å². The number of rotatable bonds is 3. The van der Waals surface area contributed by atoms with E-state index in [0.29, 0.717) is 10.9 Å². The average molecular weight is 356 g/mol. The molecule has 1 aromatic carbocycles. The first-order valence-corrected chi connectivity index (χ1v) is 7.65. The molecule has 0 aliphatic carbocycles. The number of nitrogens with zero attached hydrogens (tertiary/aromatic N) is 2. The van der Waals surface area contributed by atoms with Gasteiger partial charge in [0.2, 0.25) is 11.8 Å². The number of thioether (sulfide) groups is 1. The Hall–Kier alpha value is -1.34. The molecule has 0 saturated carbocycles. The van der Waals surface area contributed by atoms with Crippen LogP contribution < -0.4 is 5.32 Å². The SMILES string of the molecule is CN=C1S[C@H](CC(=O)Nc2ccccc2Br)C(=O)N1C. The van der Waals surface area contributed by atoms with Crippen LogP contribution in [0.1, 0.15) is 6.42 Å². The number of hydrogen-bond donors (Lipinski definition) is 1. The molecular formula is C13H14BrN3O2S. The van der Waals surface area contributed by atoms with Crippen LogP contribution in [-0.2, 0) is 9.59 Å². The molecule has 2 amide bonds. The number of aliphatic imine (C=N–C) groups is 1. The maximum atomic E-state index is 12.0. The molecule has 1 fully saturated rings. The Kier molecular flexibility index (Phi) is 4.82. The lowest BCUT2D eigenvalue weighted by Gasteiger charge is -2.10. The number of hydrogen-bond acceptors (Lipinski definition) is 4. The lowest BCUT2D eigenvalue weighted by Crippen LogP contribution is -2.30. The first kappa shape index (κ1) is 15.1. The Morgan fingerprint density at radius 2 is 2.20 bits per heavy atom. The second-order valence-electron chi connectivity index (χ2n) is 4.24. The summed E-state index contributed by atoms with van der Waals surface area (Å²) >= 11 is 4.69. The zero-order valence-electron chi connectivity index (χ0n) is 11.1. The number of halogens is 1. The van der Waals surface area contributed by atoms with E-state index in [1.165, 1.54) is 16.7 Å². The molecule has 0 radical (unpaired) electrons. The van der Waals surface area contributed by atoms with Crippen molar-refractivity contribution in [1.82, 2.24) is 4.90 Å². The highest BCUT2D eigenvalue weighted by molar-refractivity contribution is 9.10. The Morgan fingerprint density at radius 1 is 1.50 bits per heavy atom. The number of amides is 2. The topological polar surface area (TPSA) is 61.8 Å². The zero-order chi connectivity index (χ0) is 14.7. The fraction of sp³-hybridized carbons (Fsp3) is 0.308. The van der Waals surface area contributed by atoms with Gasteiger partial charge in [0, 0.05) is 25.0 Å². The molecule has 1 saturated heterocycles. The van der Waals surface area contributed by atoms with Crippen molar-refractivity contribution in [3.8, 4) is 0 Å². The predicted octanol–water partition coefficient (Wildman–Crippen LogP) is 2.34. The van der Waals surface area contributed by atoms with E-state index < -0.39 is 5.25 Å². The molecule has 1 aliphatic rings. The van der Waals surface area contributed by atoms with E-state index in [4.69, 9.17) is 0 Å². The largest absolute Gasteiger partial charge is 0.325 e. The summed E-state index contributed by atoms with van der Waals surface area (Å²) in [6.07, 6.45) is 0.133. The molecular weight excluding hydrogens is 342 g/mol. The standard InChI is InChI=1S/C13H14BrN3O2S/c1-15-13-17(2)12(19)10(20-13)7-11(18)16-9-6-4-3-5-8(9)14/h3-6,10H,7H2,1-2H3,(H,16,18)/t10-/m1/s1. The fourth-order valence-electron chi connectivity index (χ4n) is 1.83. The third kappa shape index (κ3) is 3.21. The lowest BCUT2D eigenvalue weighted by molar-refractivity contribution is -0.127. The molecule has 0 aromatic heterocycles. The summed E-state index contributed by atoms with van der Waals surface area (Å²) in [5, 5.41) is 3.04. The third-order valence-corrected chi connectivity index (χ3v) is 4.86. The van der Waals surface area contributed by atoms with Crippen molar-refractivity contribution in [3.63, 3.8) is 0 Å². The molecule has 1 aromatic rings. The molecule has 1 atom stereocenters. The van der Waals surface area contributed by atoms with Crippen molar-refractivity contribution < 1.29 is 9.59 Å². The summed E-state index contributed by atoms with van der Waals surface area (Å²) in [5.41, 5.74) is 0.700. The molecule has 0 unspecified atom stereocenters. The molecule has 1 heterocycles. The Labute approximate surface area is 129 Å². The lowest BCUT2D eigenvalue weighted by atomic mass is 10.2. The van der Waals surface area contributed by atoms with Gasteiger partial charge < -0.3 is 5.32 Å². The monoisotopic (exact) mass is 355 g/mol. The van der Waals surface area contributed by atoms with E-state index in [9.17, 15) is 9.59 Å². The summed E-state index contributed by atoms with van der Waals surface area (Å²) in [5.74, 6) is -0.272. The van der Waals surface area contributed by atoms with Crippen LogP contribution in [0.15, 0.2) is 33.7 Å². The molecule has 0 bridgehead atoms. The molecule has 1 aliphatic heterocycles. The van der Waals surface area contributed by atoms with Gasteiger partial charge in [-0.25, -0.2) is 0 Å². The smallest absolute Gasteiger partial charge is 0.242 e. The number of nitrogens with one attached hydrogen (secondary N) is 1. The molecule has 106 valence electrons. The maximum absolute atomic E-state index is 12.0. The number of amidine groups is 1. The zero-order valence-corrected chi connectivity index (χ0v) is 13.5. The highest BCUT2D eigenvalue weighted by Gasteiger charge is 2.36. The van der Waals surface area contributed by atoms with Crippen molar-refractivity contribution >= 4 is 50.4 Å². The first-order chi connectivity index (χ1) is 9.52. The predicted molar refractivity (Wildman–Crippen MR) is 84.9 cm³/mol. The third-order valence-electron chi connectivity index (χ3n) is 2.85. The summed E-state index contributed by atoms with van der Waals surface area (Å²) in [6, 6.07) is 7.36. The van der Waals surface area contributed by atoms with Gasteiger partial charge in [-0.3, -0.25) is 19.5 Å². The van der Waals surface area contributed by atoms with E-state index in [1.807, 2.05) is 18.2 Å². The minimum atomic E-state index is -0.402. The minimum Gasteiger partial charge on any atom is -0.325 e. The van der Waals surface area contributed by atoms with Crippen LogP contribution in [0.3, 0.4) is 0 Å². The number of para-hydroxylation sites is 1. The van der Waals surface area contributed by atoms with E-state index in [2.05, 4.69) is 26.2 Å². The molecule has 0 spiro atoms. The summed E-state index contributed by atoms with van der Waals surface area (Å²) < 4.78 is 0.812. The Morgan fingerprint density at radius 3 is 2.80 bits per heavy atom. The summed E-state index contributed by atoms with van der Waals surface area (Å²) in [7, 11) is 3.30. The molecule has 1 N–H and O–H groups in total. The van der Waals surface area contributed by atoms with Crippen molar-refractivity contribution in [2.75, 3.05) is 19.4 Å². The normalized spacial score (nSPS) is 20.6. The van der Waals surface area contributed by atoms with Crippen LogP contribution in [0, 0.1) is 0 Å². The number of benzene rings is 1. The number of anilines is 1. The number of carbonyl (C=O) groups is 2. The van der Waals surface area contributed by atoms with Gasteiger partial charge in [-0.15, -0.1) is 0 Å².